The van der Waals surface area contributed by atoms with Crippen LogP contribution in [0.5, 0.6) is 0 Å². The molecule has 8 heteroatoms. The zero-order valence-electron chi connectivity index (χ0n) is 16.0. The lowest BCUT2D eigenvalue weighted by Gasteiger charge is -2.20. The largest absolute Gasteiger partial charge is 0.455 e. The van der Waals surface area contributed by atoms with Crippen LogP contribution in [-0.4, -0.2) is 30.9 Å². The number of benzene rings is 2. The maximum atomic E-state index is 13.0. The van der Waals surface area contributed by atoms with E-state index in [-0.39, 0.29) is 29.6 Å². The van der Waals surface area contributed by atoms with Crippen LogP contribution >= 0.6 is 11.6 Å². The number of ether oxygens (including phenoxy) is 1. The van der Waals surface area contributed by atoms with Crippen molar-refractivity contribution in [2.24, 2.45) is 5.92 Å². The summed E-state index contributed by atoms with van der Waals surface area (Å²) in [5.41, 5.74) is 3.02. The molecule has 1 N–H and O–H groups in total. The van der Waals surface area contributed by atoms with Gasteiger partial charge in [0.1, 0.15) is 5.82 Å². The van der Waals surface area contributed by atoms with Crippen molar-refractivity contribution in [1.29, 1.82) is 0 Å². The summed E-state index contributed by atoms with van der Waals surface area (Å²) in [7, 11) is 0. The summed E-state index contributed by atoms with van der Waals surface area (Å²) in [5.74, 6) is -2.57. The second-order valence-corrected chi connectivity index (χ2v) is 7.31. The van der Waals surface area contributed by atoms with Gasteiger partial charge in [0.15, 0.2) is 6.61 Å². The fraction of sp³-hybridized carbons (Fsp3) is 0.286. The minimum atomic E-state index is -0.648. The molecule has 0 unspecified atom stereocenters. The number of carbonyl (C=O) groups excluding carboxylic acids is 3. The second-order valence-electron chi connectivity index (χ2n) is 6.90. The van der Waals surface area contributed by atoms with Gasteiger partial charge in [-0.25, -0.2) is 4.39 Å². The topological polar surface area (TPSA) is 75.7 Å². The van der Waals surface area contributed by atoms with Crippen molar-refractivity contribution in [2.45, 2.75) is 20.3 Å². The van der Waals surface area contributed by atoms with Gasteiger partial charge < -0.3 is 15.0 Å². The number of hydrogen-bond acceptors (Lipinski definition) is 4. The fourth-order valence-corrected chi connectivity index (χ4v) is 3.37. The van der Waals surface area contributed by atoms with Crippen molar-refractivity contribution in [3.05, 3.63) is 58.4 Å². The highest BCUT2D eigenvalue weighted by atomic mass is 35.5. The van der Waals surface area contributed by atoms with E-state index >= 15 is 0 Å². The third-order valence-corrected chi connectivity index (χ3v) is 5.19. The molecule has 1 saturated heterocycles. The first-order valence-electron chi connectivity index (χ1n) is 9.04. The molecule has 0 aliphatic carbocycles. The van der Waals surface area contributed by atoms with Crippen LogP contribution in [0.15, 0.2) is 36.4 Å². The average molecular weight is 419 g/mol. The van der Waals surface area contributed by atoms with E-state index in [2.05, 4.69) is 5.32 Å². The van der Waals surface area contributed by atoms with Gasteiger partial charge in [-0.1, -0.05) is 23.7 Å². The smallest absolute Gasteiger partial charge is 0.311 e. The molecule has 2 aromatic rings. The van der Waals surface area contributed by atoms with Gasteiger partial charge in [-0.2, -0.15) is 0 Å². The maximum Gasteiger partial charge on any atom is 0.311 e. The lowest BCUT2D eigenvalue weighted by molar-refractivity contribution is -0.151. The number of hydrogen-bond donors (Lipinski definition) is 1. The van der Waals surface area contributed by atoms with Crippen molar-refractivity contribution in [2.75, 3.05) is 23.4 Å². The second kappa shape index (κ2) is 8.61. The van der Waals surface area contributed by atoms with E-state index in [1.54, 1.807) is 4.90 Å². The monoisotopic (exact) mass is 418 g/mol. The van der Waals surface area contributed by atoms with E-state index in [0.29, 0.717) is 0 Å². The molecule has 0 saturated carbocycles. The molecule has 2 aromatic carbocycles. The standard InChI is InChI=1S/C21H20ClFN2O4/c1-12-4-3-5-18(13(12)2)25-10-14(8-20(25)27)21(28)29-11-19(26)24-17-7-6-15(23)9-16(17)22/h3-7,9,14H,8,10-11H2,1-2H3,(H,24,26)/t14-/m1/s1. The minimum Gasteiger partial charge on any atom is -0.455 e. The number of carbonyl (C=O) groups is 3. The quantitative estimate of drug-likeness (QED) is 0.752. The first kappa shape index (κ1) is 20.8. The first-order chi connectivity index (χ1) is 13.8. The molecular weight excluding hydrogens is 399 g/mol. The summed E-state index contributed by atoms with van der Waals surface area (Å²) in [4.78, 5) is 38.3. The van der Waals surface area contributed by atoms with E-state index < -0.39 is 30.2 Å². The minimum absolute atomic E-state index is 0.0254. The summed E-state index contributed by atoms with van der Waals surface area (Å²) >= 11 is 5.85. The van der Waals surface area contributed by atoms with Gasteiger partial charge in [0.2, 0.25) is 5.91 Å². The zero-order chi connectivity index (χ0) is 21.1. The Labute approximate surface area is 172 Å². The molecule has 6 nitrogen and oxygen atoms in total. The van der Waals surface area contributed by atoms with Gasteiger partial charge in [-0.05, 0) is 49.2 Å². The number of aryl methyl sites for hydroxylation is 1. The zero-order valence-corrected chi connectivity index (χ0v) is 16.8. The highest BCUT2D eigenvalue weighted by Crippen LogP contribution is 2.30. The molecule has 0 bridgehead atoms. The Morgan fingerprint density at radius 3 is 2.76 bits per heavy atom. The molecule has 29 heavy (non-hydrogen) atoms. The molecule has 1 heterocycles. The van der Waals surface area contributed by atoms with Gasteiger partial charge in [-0.15, -0.1) is 0 Å². The van der Waals surface area contributed by atoms with E-state index in [4.69, 9.17) is 16.3 Å². The highest BCUT2D eigenvalue weighted by Gasteiger charge is 2.37. The fourth-order valence-electron chi connectivity index (χ4n) is 3.16. The van der Waals surface area contributed by atoms with Crippen LogP contribution in [0, 0.1) is 25.6 Å². The van der Waals surface area contributed by atoms with Crippen LogP contribution in [0.1, 0.15) is 17.5 Å². The van der Waals surface area contributed by atoms with Gasteiger partial charge in [0.25, 0.3) is 5.91 Å². The van der Waals surface area contributed by atoms with E-state index in [0.717, 1.165) is 28.9 Å². The molecule has 1 aliphatic heterocycles. The molecule has 0 radical (unpaired) electrons. The third kappa shape index (κ3) is 4.74. The van der Waals surface area contributed by atoms with Crippen LogP contribution < -0.4 is 10.2 Å². The van der Waals surface area contributed by atoms with Crippen LogP contribution in [0.4, 0.5) is 15.8 Å². The maximum absolute atomic E-state index is 13.0. The molecule has 152 valence electrons. The van der Waals surface area contributed by atoms with Crippen molar-refractivity contribution in [3.8, 4) is 0 Å². The van der Waals surface area contributed by atoms with Gasteiger partial charge in [0.05, 0.1) is 16.6 Å². The molecule has 1 fully saturated rings. The van der Waals surface area contributed by atoms with E-state index in [1.807, 2.05) is 32.0 Å². The Bertz CT molecular complexity index is 979. The van der Waals surface area contributed by atoms with Crippen LogP contribution in [0.25, 0.3) is 0 Å². The highest BCUT2D eigenvalue weighted by molar-refractivity contribution is 6.33. The summed E-state index contributed by atoms with van der Waals surface area (Å²) in [6.07, 6.45) is 0.0254. The van der Waals surface area contributed by atoms with Crippen molar-refractivity contribution in [1.82, 2.24) is 0 Å². The normalized spacial score (nSPS) is 16.1. The summed E-state index contributed by atoms with van der Waals surface area (Å²) in [6, 6.07) is 9.19. The molecule has 0 spiro atoms. The Balaban J connectivity index is 1.56. The number of halogens is 2. The average Bonchev–Trinajstić information content (AvgIpc) is 3.06. The van der Waals surface area contributed by atoms with E-state index in [9.17, 15) is 18.8 Å². The molecule has 1 atom stereocenters. The van der Waals surface area contributed by atoms with Crippen LogP contribution in [-0.2, 0) is 19.1 Å². The summed E-state index contributed by atoms with van der Waals surface area (Å²) in [5, 5.41) is 2.49. The third-order valence-electron chi connectivity index (χ3n) is 4.88. The SMILES string of the molecule is Cc1cccc(N2C[C@H](C(=O)OCC(=O)Nc3ccc(F)cc3Cl)CC2=O)c1C. The van der Waals surface area contributed by atoms with Gasteiger partial charge >= 0.3 is 5.97 Å². The Kier molecular flexibility index (Phi) is 6.17. The number of amides is 2. The predicted molar refractivity (Wildman–Crippen MR) is 107 cm³/mol. The Hall–Kier alpha value is -2.93. The Morgan fingerprint density at radius 1 is 1.28 bits per heavy atom. The molecule has 1 aliphatic rings. The lowest BCUT2D eigenvalue weighted by atomic mass is 10.1. The molecule has 0 aromatic heterocycles. The van der Waals surface area contributed by atoms with Crippen LogP contribution in [0.2, 0.25) is 5.02 Å². The first-order valence-corrected chi connectivity index (χ1v) is 9.42. The number of anilines is 2. The summed E-state index contributed by atoms with van der Waals surface area (Å²) < 4.78 is 18.1. The molecule has 3 rings (SSSR count). The molecular formula is C21H20ClFN2O4. The van der Waals surface area contributed by atoms with Crippen molar-refractivity contribution in [3.63, 3.8) is 0 Å². The number of nitrogens with zero attached hydrogens (tertiary/aromatic N) is 1. The van der Waals surface area contributed by atoms with Crippen molar-refractivity contribution < 1.29 is 23.5 Å². The summed E-state index contributed by atoms with van der Waals surface area (Å²) in [6.45, 7) is 3.56. The molecule has 2 amide bonds. The predicted octanol–water partition coefficient (Wildman–Crippen LogP) is 3.63. The van der Waals surface area contributed by atoms with Gasteiger partial charge in [0, 0.05) is 18.7 Å². The van der Waals surface area contributed by atoms with Crippen molar-refractivity contribution >= 4 is 40.8 Å². The van der Waals surface area contributed by atoms with Gasteiger partial charge in [-0.3, -0.25) is 14.4 Å². The van der Waals surface area contributed by atoms with E-state index in [1.165, 1.54) is 6.07 Å². The lowest BCUT2D eigenvalue weighted by Crippen LogP contribution is -2.28. The number of rotatable bonds is 5. The van der Waals surface area contributed by atoms with Crippen LogP contribution in [0.3, 0.4) is 0 Å². The number of nitrogens with one attached hydrogen (secondary N) is 1. The Morgan fingerprint density at radius 2 is 2.03 bits per heavy atom. The number of esters is 1.